The highest BCUT2D eigenvalue weighted by Crippen LogP contribution is 2.15. The lowest BCUT2D eigenvalue weighted by molar-refractivity contribution is 0.371. The Balaban J connectivity index is 2.46. The number of rotatable bonds is 5. The molecule has 0 saturated carbocycles. The van der Waals surface area contributed by atoms with E-state index in [9.17, 15) is 0 Å². The van der Waals surface area contributed by atoms with Crippen molar-refractivity contribution >= 4 is 17.4 Å². The van der Waals surface area contributed by atoms with Crippen LogP contribution in [0.25, 0.3) is 0 Å². The molecule has 0 bridgehead atoms. The summed E-state index contributed by atoms with van der Waals surface area (Å²) in [5.41, 5.74) is 2.52. The van der Waals surface area contributed by atoms with E-state index < -0.39 is 0 Å². The van der Waals surface area contributed by atoms with Crippen LogP contribution in [-0.4, -0.2) is 19.0 Å². The van der Waals surface area contributed by atoms with E-state index >= 15 is 0 Å². The number of halogens is 1. The zero-order chi connectivity index (χ0) is 11.8. The summed E-state index contributed by atoms with van der Waals surface area (Å²) in [5.74, 6) is 6.70. The fourth-order valence-electron chi connectivity index (χ4n) is 1.06. The molecule has 16 heavy (non-hydrogen) atoms. The van der Waals surface area contributed by atoms with Crippen LogP contribution in [0.15, 0.2) is 29.3 Å². The lowest BCUT2D eigenvalue weighted by Crippen LogP contribution is -2.35. The van der Waals surface area contributed by atoms with E-state index in [2.05, 4.69) is 17.3 Å². The number of benzene rings is 1. The first-order valence-electron chi connectivity index (χ1n) is 5.14. The van der Waals surface area contributed by atoms with Crippen LogP contribution < -0.4 is 16.0 Å². The Morgan fingerprint density at radius 3 is 2.69 bits per heavy atom. The maximum absolute atomic E-state index is 5.76. The van der Waals surface area contributed by atoms with Crippen LogP contribution in [0.4, 0.5) is 0 Å². The van der Waals surface area contributed by atoms with E-state index in [1.165, 1.54) is 0 Å². The van der Waals surface area contributed by atoms with Crippen molar-refractivity contribution in [2.45, 2.75) is 13.3 Å². The SMILES string of the molecule is CCCN=C(COc1ccc(Cl)cc1)NN. The average Bonchev–Trinajstić information content (AvgIpc) is 2.32. The van der Waals surface area contributed by atoms with Crippen molar-refractivity contribution in [3.05, 3.63) is 29.3 Å². The minimum Gasteiger partial charge on any atom is -0.486 e. The van der Waals surface area contributed by atoms with Crippen LogP contribution in [0.3, 0.4) is 0 Å². The zero-order valence-electron chi connectivity index (χ0n) is 9.24. The molecule has 0 aliphatic carbocycles. The van der Waals surface area contributed by atoms with E-state index in [-0.39, 0.29) is 0 Å². The standard InChI is InChI=1S/C11H16ClN3O/c1-2-7-14-11(15-13)8-16-10-5-3-9(12)4-6-10/h3-6H,2,7-8,13H2,1H3,(H,14,15). The molecule has 0 aromatic heterocycles. The Kier molecular flexibility index (Phi) is 5.67. The van der Waals surface area contributed by atoms with Crippen LogP contribution in [0.5, 0.6) is 5.75 Å². The highest BCUT2D eigenvalue weighted by atomic mass is 35.5. The van der Waals surface area contributed by atoms with Crippen molar-refractivity contribution in [3.8, 4) is 5.75 Å². The molecule has 1 aromatic rings. The topological polar surface area (TPSA) is 59.6 Å². The van der Waals surface area contributed by atoms with Crippen molar-refractivity contribution in [2.24, 2.45) is 10.8 Å². The van der Waals surface area contributed by atoms with Gasteiger partial charge in [0.05, 0.1) is 0 Å². The minimum atomic E-state index is 0.331. The molecule has 0 atom stereocenters. The largest absolute Gasteiger partial charge is 0.486 e. The molecule has 5 heteroatoms. The predicted octanol–water partition coefficient (Wildman–Crippen LogP) is 1.99. The first-order valence-corrected chi connectivity index (χ1v) is 5.52. The molecular weight excluding hydrogens is 226 g/mol. The number of amidine groups is 1. The Hall–Kier alpha value is -1.26. The van der Waals surface area contributed by atoms with E-state index in [1.54, 1.807) is 24.3 Å². The molecule has 0 fully saturated rings. The molecule has 0 spiro atoms. The Morgan fingerprint density at radius 1 is 1.44 bits per heavy atom. The van der Waals surface area contributed by atoms with E-state index in [1.807, 2.05) is 0 Å². The van der Waals surface area contributed by atoms with Gasteiger partial charge in [-0.3, -0.25) is 4.99 Å². The molecule has 0 saturated heterocycles. The maximum Gasteiger partial charge on any atom is 0.149 e. The van der Waals surface area contributed by atoms with Gasteiger partial charge in [0.25, 0.3) is 0 Å². The molecule has 1 aromatic carbocycles. The molecule has 88 valence electrons. The number of nitrogens with one attached hydrogen (secondary N) is 1. The van der Waals surface area contributed by atoms with Crippen molar-refractivity contribution in [2.75, 3.05) is 13.2 Å². The molecule has 0 aliphatic heterocycles. The van der Waals surface area contributed by atoms with Gasteiger partial charge in [-0.25, -0.2) is 5.84 Å². The summed E-state index contributed by atoms with van der Waals surface area (Å²) in [7, 11) is 0. The molecular formula is C11H16ClN3O. The van der Waals surface area contributed by atoms with Gasteiger partial charge < -0.3 is 10.2 Å². The minimum absolute atomic E-state index is 0.331. The Bertz CT molecular complexity index is 338. The highest BCUT2D eigenvalue weighted by molar-refractivity contribution is 6.30. The number of hydrazine groups is 1. The summed E-state index contributed by atoms with van der Waals surface area (Å²) in [6.45, 7) is 3.12. The van der Waals surface area contributed by atoms with Crippen LogP contribution in [0.2, 0.25) is 5.02 Å². The fourth-order valence-corrected chi connectivity index (χ4v) is 1.19. The van der Waals surface area contributed by atoms with Crippen molar-refractivity contribution < 1.29 is 4.74 Å². The smallest absolute Gasteiger partial charge is 0.149 e. The van der Waals surface area contributed by atoms with Gasteiger partial charge in [0.1, 0.15) is 18.2 Å². The summed E-state index contributed by atoms with van der Waals surface area (Å²) >= 11 is 5.76. The number of hydrogen-bond acceptors (Lipinski definition) is 3. The Labute approximate surface area is 100 Å². The molecule has 3 N–H and O–H groups in total. The van der Waals surface area contributed by atoms with Crippen LogP contribution >= 0.6 is 11.6 Å². The number of nitrogens with zero attached hydrogens (tertiary/aromatic N) is 1. The lowest BCUT2D eigenvalue weighted by Gasteiger charge is -2.08. The molecule has 0 aliphatic rings. The number of aliphatic imine (C=N–C) groups is 1. The second kappa shape index (κ2) is 7.09. The summed E-state index contributed by atoms with van der Waals surface area (Å²) in [6, 6.07) is 7.15. The van der Waals surface area contributed by atoms with Gasteiger partial charge in [-0.15, -0.1) is 0 Å². The fraction of sp³-hybridized carbons (Fsp3) is 0.364. The third kappa shape index (κ3) is 4.51. The van der Waals surface area contributed by atoms with Gasteiger partial charge in [-0.2, -0.15) is 0 Å². The number of ether oxygens (including phenoxy) is 1. The van der Waals surface area contributed by atoms with Crippen LogP contribution in [-0.2, 0) is 0 Å². The van der Waals surface area contributed by atoms with E-state index in [0.717, 1.165) is 18.7 Å². The van der Waals surface area contributed by atoms with Gasteiger partial charge >= 0.3 is 0 Å². The predicted molar refractivity (Wildman–Crippen MR) is 66.9 cm³/mol. The highest BCUT2D eigenvalue weighted by Gasteiger charge is 1.98. The zero-order valence-corrected chi connectivity index (χ0v) is 10.00. The quantitative estimate of drug-likeness (QED) is 0.359. The molecule has 0 unspecified atom stereocenters. The van der Waals surface area contributed by atoms with Gasteiger partial charge in [0.15, 0.2) is 0 Å². The molecule has 0 amide bonds. The number of hydrogen-bond donors (Lipinski definition) is 2. The van der Waals surface area contributed by atoms with Crippen LogP contribution in [0.1, 0.15) is 13.3 Å². The first-order chi connectivity index (χ1) is 7.76. The molecule has 0 radical (unpaired) electrons. The average molecular weight is 242 g/mol. The molecule has 0 heterocycles. The normalized spacial score (nSPS) is 11.3. The van der Waals surface area contributed by atoms with Crippen molar-refractivity contribution in [1.29, 1.82) is 0 Å². The summed E-state index contributed by atoms with van der Waals surface area (Å²) in [5, 5.41) is 0.684. The van der Waals surface area contributed by atoms with Gasteiger partial charge in [-0.1, -0.05) is 18.5 Å². The second-order valence-corrected chi connectivity index (χ2v) is 3.65. The van der Waals surface area contributed by atoms with Gasteiger partial charge in [-0.05, 0) is 30.7 Å². The van der Waals surface area contributed by atoms with Crippen molar-refractivity contribution in [1.82, 2.24) is 5.43 Å². The monoisotopic (exact) mass is 241 g/mol. The van der Waals surface area contributed by atoms with E-state index in [0.29, 0.717) is 17.5 Å². The summed E-state index contributed by atoms with van der Waals surface area (Å²) in [4.78, 5) is 4.22. The molecule has 1 rings (SSSR count). The summed E-state index contributed by atoms with van der Waals surface area (Å²) in [6.07, 6.45) is 0.978. The van der Waals surface area contributed by atoms with Gasteiger partial charge in [0.2, 0.25) is 0 Å². The van der Waals surface area contributed by atoms with Crippen molar-refractivity contribution in [3.63, 3.8) is 0 Å². The first kappa shape index (κ1) is 12.8. The van der Waals surface area contributed by atoms with E-state index in [4.69, 9.17) is 22.2 Å². The third-order valence-corrected chi connectivity index (χ3v) is 2.13. The molecule has 4 nitrogen and oxygen atoms in total. The summed E-state index contributed by atoms with van der Waals surface area (Å²) < 4.78 is 5.48. The maximum atomic E-state index is 5.76. The Morgan fingerprint density at radius 2 is 2.12 bits per heavy atom. The second-order valence-electron chi connectivity index (χ2n) is 3.22. The third-order valence-electron chi connectivity index (χ3n) is 1.88. The number of nitrogens with two attached hydrogens (primary N) is 1. The lowest BCUT2D eigenvalue weighted by atomic mass is 10.3. The van der Waals surface area contributed by atoms with Crippen LogP contribution in [0, 0.1) is 0 Å². The van der Waals surface area contributed by atoms with Gasteiger partial charge in [0, 0.05) is 11.6 Å².